The zero-order chi connectivity index (χ0) is 33.3. The van der Waals surface area contributed by atoms with Gasteiger partial charge in [0, 0.05) is 27.5 Å². The largest absolute Gasteiger partial charge is 0.456 e. The van der Waals surface area contributed by atoms with Gasteiger partial charge in [-0.25, -0.2) is 15.0 Å². The molecule has 0 saturated heterocycles. The Morgan fingerprint density at radius 3 is 1.83 bits per heavy atom. The zero-order valence-electron chi connectivity index (χ0n) is 28.5. The number of hydrogen-bond donors (Lipinski definition) is 0. The summed E-state index contributed by atoms with van der Waals surface area (Å²) in [6.45, 7) is 0. The summed E-state index contributed by atoms with van der Waals surface area (Å²) in [4.78, 5) is 14.6. The highest BCUT2D eigenvalue weighted by atomic mass is 16.3. The lowest BCUT2D eigenvalue weighted by Crippen LogP contribution is -2.01. The molecule has 0 unspecified atom stereocenters. The van der Waals surface area contributed by atoms with Gasteiger partial charge in [0.2, 0.25) is 0 Å². The van der Waals surface area contributed by atoms with Gasteiger partial charge in [-0.3, -0.25) is 0 Å². The monoisotopic (exact) mass is 532 g/mol. The van der Waals surface area contributed by atoms with Gasteiger partial charge in [0.1, 0.15) is 11.2 Å². The zero-order valence-corrected chi connectivity index (χ0v) is 21.5. The summed E-state index contributed by atoms with van der Waals surface area (Å²) in [7, 11) is 0. The standard InChI is InChI=1S/C37H23N3O/c1-3-12-24(13-4-1)26-17-9-19-28-27(26)18-10-20-29(28)36-38-35(25-14-5-2-6-15-25)39-37(40-36)31-21-11-23-33-34(31)30-16-7-8-22-32(30)41-33/h1-23H/i7D,8D,11D,16D,21D,22D,23D. The lowest BCUT2D eigenvalue weighted by Gasteiger charge is -2.12. The maximum Gasteiger partial charge on any atom is 0.164 e. The normalized spacial score (nSPS) is 13.8. The van der Waals surface area contributed by atoms with Crippen molar-refractivity contribution in [1.29, 1.82) is 0 Å². The first kappa shape index (κ1) is 17.2. The van der Waals surface area contributed by atoms with Crippen LogP contribution in [0.1, 0.15) is 9.60 Å². The van der Waals surface area contributed by atoms with E-state index in [1.165, 1.54) is 0 Å². The van der Waals surface area contributed by atoms with Gasteiger partial charge in [-0.15, -0.1) is 0 Å². The molecule has 0 aliphatic rings. The van der Waals surface area contributed by atoms with Crippen molar-refractivity contribution in [2.75, 3.05) is 0 Å². The second-order valence-electron chi connectivity index (χ2n) is 9.50. The Morgan fingerprint density at radius 2 is 1.05 bits per heavy atom. The molecule has 41 heavy (non-hydrogen) atoms. The number of nitrogens with zero attached hydrogens (tertiary/aromatic N) is 3. The summed E-state index contributed by atoms with van der Waals surface area (Å²) >= 11 is 0. The molecule has 0 fully saturated rings. The molecule has 0 amide bonds. The highest BCUT2D eigenvalue weighted by Crippen LogP contribution is 2.38. The number of fused-ring (bicyclic) bond motifs is 4. The van der Waals surface area contributed by atoms with Gasteiger partial charge in [-0.1, -0.05) is 127 Å². The number of furan rings is 1. The Morgan fingerprint density at radius 1 is 0.439 bits per heavy atom. The Labute approximate surface area is 246 Å². The van der Waals surface area contributed by atoms with E-state index >= 15 is 0 Å². The SMILES string of the molecule is [2H]c1c([2H])c([2H])c2c(oc3c([2H])c([2H])c([2H])c(-c4nc(-c5ccccc5)nc(-c5cccc6c(-c7ccccc7)cccc56)n4)c32)c1[2H]. The fraction of sp³-hybridized carbons (Fsp3) is 0. The maximum absolute atomic E-state index is 9.05. The molecule has 0 atom stereocenters. The van der Waals surface area contributed by atoms with Crippen molar-refractivity contribution < 1.29 is 14.0 Å². The van der Waals surface area contributed by atoms with Crippen molar-refractivity contribution in [3.8, 4) is 45.3 Å². The fourth-order valence-corrected chi connectivity index (χ4v) is 5.23. The molecule has 4 nitrogen and oxygen atoms in total. The van der Waals surface area contributed by atoms with Crippen molar-refractivity contribution in [3.05, 3.63) is 139 Å². The van der Waals surface area contributed by atoms with Crippen LogP contribution in [-0.4, -0.2) is 15.0 Å². The van der Waals surface area contributed by atoms with Gasteiger partial charge in [0.15, 0.2) is 17.5 Å². The van der Waals surface area contributed by atoms with E-state index in [-0.39, 0.29) is 45.4 Å². The van der Waals surface area contributed by atoms with Crippen LogP contribution in [0.5, 0.6) is 0 Å². The van der Waals surface area contributed by atoms with Crippen LogP contribution < -0.4 is 0 Å². The van der Waals surface area contributed by atoms with Crippen LogP contribution in [0.25, 0.3) is 78.0 Å². The van der Waals surface area contributed by atoms with Crippen LogP contribution in [0.3, 0.4) is 0 Å². The third-order valence-corrected chi connectivity index (χ3v) is 7.09. The predicted molar refractivity (Wildman–Crippen MR) is 166 cm³/mol. The molecule has 0 N–H and O–H groups in total. The van der Waals surface area contributed by atoms with Crippen LogP contribution >= 0.6 is 0 Å². The van der Waals surface area contributed by atoms with Gasteiger partial charge in [-0.2, -0.15) is 0 Å². The molecule has 8 aromatic rings. The lowest BCUT2D eigenvalue weighted by molar-refractivity contribution is 0.669. The molecule has 4 heteroatoms. The second-order valence-corrected chi connectivity index (χ2v) is 9.50. The molecule has 2 heterocycles. The number of aromatic nitrogens is 3. The first-order chi connectivity index (χ1) is 23.2. The highest BCUT2D eigenvalue weighted by Gasteiger charge is 2.18. The Kier molecular flexibility index (Phi) is 3.99. The van der Waals surface area contributed by atoms with Gasteiger partial charge < -0.3 is 4.42 Å². The Hall–Kier alpha value is -5.61. The molecule has 192 valence electrons. The van der Waals surface area contributed by atoms with Crippen molar-refractivity contribution in [3.63, 3.8) is 0 Å². The minimum atomic E-state index is -0.489. The molecular weight excluding hydrogens is 502 g/mol. The number of para-hydroxylation sites is 1. The molecule has 2 aromatic heterocycles. The molecule has 0 radical (unpaired) electrons. The third kappa shape index (κ3) is 3.97. The summed E-state index contributed by atoms with van der Waals surface area (Å²) < 4.78 is 66.0. The van der Waals surface area contributed by atoms with Gasteiger partial charge >= 0.3 is 0 Å². The van der Waals surface area contributed by atoms with Crippen LogP contribution in [-0.2, 0) is 0 Å². The summed E-state index contributed by atoms with van der Waals surface area (Å²) in [5.74, 6) is 0.614. The van der Waals surface area contributed by atoms with E-state index in [0.717, 1.165) is 21.9 Å². The Balaban J connectivity index is 1.48. The lowest BCUT2D eigenvalue weighted by atomic mass is 9.95. The number of hydrogen-bond acceptors (Lipinski definition) is 4. The molecule has 0 saturated carbocycles. The van der Waals surface area contributed by atoms with E-state index in [0.29, 0.717) is 22.8 Å². The molecule has 6 aromatic carbocycles. The number of rotatable bonds is 4. The highest BCUT2D eigenvalue weighted by molar-refractivity contribution is 6.12. The quantitative estimate of drug-likeness (QED) is 0.226. The van der Waals surface area contributed by atoms with Crippen molar-refractivity contribution in [1.82, 2.24) is 15.0 Å². The minimum Gasteiger partial charge on any atom is -0.456 e. The molecule has 0 aliphatic heterocycles. The van der Waals surface area contributed by atoms with Crippen molar-refractivity contribution in [2.45, 2.75) is 0 Å². The van der Waals surface area contributed by atoms with Gasteiger partial charge in [0.05, 0.1) is 9.60 Å². The molecule has 0 bridgehead atoms. The summed E-state index contributed by atoms with van der Waals surface area (Å²) in [5, 5.41) is 1.94. The van der Waals surface area contributed by atoms with Crippen molar-refractivity contribution >= 4 is 32.7 Å². The van der Waals surface area contributed by atoms with E-state index in [1.807, 2.05) is 78.9 Å². The topological polar surface area (TPSA) is 51.8 Å². The van der Waals surface area contributed by atoms with E-state index in [1.54, 1.807) is 0 Å². The smallest absolute Gasteiger partial charge is 0.164 e. The van der Waals surface area contributed by atoms with E-state index in [9.17, 15) is 0 Å². The first-order valence-corrected chi connectivity index (χ1v) is 13.1. The van der Waals surface area contributed by atoms with E-state index in [2.05, 4.69) is 18.2 Å². The summed E-state index contributed by atoms with van der Waals surface area (Å²) in [5.41, 5.74) is 3.17. The summed E-state index contributed by atoms with van der Waals surface area (Å²) in [6.07, 6.45) is 0. The van der Waals surface area contributed by atoms with Crippen LogP contribution in [0.2, 0.25) is 0 Å². The predicted octanol–water partition coefficient (Wildman–Crippen LogP) is 9.59. The Bertz CT molecular complexity index is 2590. The van der Waals surface area contributed by atoms with E-state index in [4.69, 9.17) is 29.0 Å². The maximum atomic E-state index is 9.05. The van der Waals surface area contributed by atoms with Gasteiger partial charge in [0.25, 0.3) is 0 Å². The average molecular weight is 533 g/mol. The molecule has 0 aliphatic carbocycles. The average Bonchev–Trinajstić information content (AvgIpc) is 3.53. The first-order valence-electron chi connectivity index (χ1n) is 16.6. The second kappa shape index (κ2) is 9.54. The van der Waals surface area contributed by atoms with E-state index < -0.39 is 30.2 Å². The fourth-order valence-electron chi connectivity index (χ4n) is 5.23. The minimum absolute atomic E-state index is 0.00566. The molecular formula is C37H23N3O. The van der Waals surface area contributed by atoms with Crippen LogP contribution in [0.4, 0.5) is 0 Å². The van der Waals surface area contributed by atoms with Crippen LogP contribution in [0, 0.1) is 0 Å². The molecule has 0 spiro atoms. The molecule has 8 rings (SSSR count). The van der Waals surface area contributed by atoms with Crippen LogP contribution in [0.15, 0.2) is 144 Å². The van der Waals surface area contributed by atoms with Gasteiger partial charge in [-0.05, 0) is 34.0 Å². The number of benzene rings is 6. The third-order valence-electron chi connectivity index (χ3n) is 7.09. The summed E-state index contributed by atoms with van der Waals surface area (Å²) in [6, 6.07) is 28.2. The van der Waals surface area contributed by atoms with Crippen molar-refractivity contribution in [2.24, 2.45) is 0 Å².